The lowest BCUT2D eigenvalue weighted by atomic mass is 9.94. The number of hydrogen-bond donors (Lipinski definition) is 0. The predicted molar refractivity (Wildman–Crippen MR) is 103 cm³/mol. The molecule has 124 valence electrons. The summed E-state index contributed by atoms with van der Waals surface area (Å²) < 4.78 is 0. The molecule has 0 heterocycles. The zero-order valence-electron chi connectivity index (χ0n) is 16.3. The highest BCUT2D eigenvalue weighted by Crippen LogP contribution is 2.39. The van der Waals surface area contributed by atoms with Crippen LogP contribution < -0.4 is 4.90 Å². The Kier molecular flexibility index (Phi) is 4.89. The first-order valence-electron chi connectivity index (χ1n) is 8.63. The first-order valence-corrected chi connectivity index (χ1v) is 8.63. The average Bonchev–Trinajstić information content (AvgIpc) is 2.49. The van der Waals surface area contributed by atoms with Crippen LogP contribution in [0.1, 0.15) is 51.4 Å². The lowest BCUT2D eigenvalue weighted by molar-refractivity contribution is 0.980. The summed E-state index contributed by atoms with van der Waals surface area (Å²) in [7, 11) is 0. The Morgan fingerprint density at radius 3 is 1.22 bits per heavy atom. The molecule has 0 radical (unpaired) electrons. The fourth-order valence-electron chi connectivity index (χ4n) is 3.80. The average molecular weight is 309 g/mol. The normalized spacial score (nSPS) is 11.0. The van der Waals surface area contributed by atoms with E-state index >= 15 is 0 Å². The minimum atomic E-state index is 0.981. The van der Waals surface area contributed by atoms with Crippen molar-refractivity contribution in [3.8, 4) is 0 Å². The van der Waals surface area contributed by atoms with E-state index in [4.69, 9.17) is 0 Å². The van der Waals surface area contributed by atoms with Gasteiger partial charge in [-0.05, 0) is 107 Å². The standard InChI is InChI=1S/C22H31N/c1-10-23(21-15(4)11-13(2)17(6)19(21)8)22-16(5)12-14(3)18(7)20(22)9/h11-12H,10H2,1-9H3. The molecule has 0 fully saturated rings. The van der Waals surface area contributed by atoms with Gasteiger partial charge in [0.2, 0.25) is 0 Å². The van der Waals surface area contributed by atoms with Gasteiger partial charge in [0.25, 0.3) is 0 Å². The van der Waals surface area contributed by atoms with Crippen LogP contribution in [-0.2, 0) is 0 Å². The maximum atomic E-state index is 2.51. The van der Waals surface area contributed by atoms with E-state index in [1.807, 2.05) is 0 Å². The number of hydrogen-bond acceptors (Lipinski definition) is 1. The molecule has 0 saturated heterocycles. The van der Waals surface area contributed by atoms with Crippen LogP contribution in [0.4, 0.5) is 11.4 Å². The first-order chi connectivity index (χ1) is 10.7. The van der Waals surface area contributed by atoms with E-state index in [0.717, 1.165) is 6.54 Å². The largest absolute Gasteiger partial charge is 0.341 e. The van der Waals surface area contributed by atoms with Crippen molar-refractivity contribution in [3.05, 3.63) is 56.6 Å². The molecular formula is C22H31N. The fourth-order valence-corrected chi connectivity index (χ4v) is 3.80. The quantitative estimate of drug-likeness (QED) is 0.642. The van der Waals surface area contributed by atoms with Crippen molar-refractivity contribution >= 4 is 11.4 Å². The highest BCUT2D eigenvalue weighted by Gasteiger charge is 2.20. The summed E-state index contributed by atoms with van der Waals surface area (Å²) in [6, 6.07) is 4.65. The first kappa shape index (κ1) is 17.6. The smallest absolute Gasteiger partial charge is 0.0473 e. The monoisotopic (exact) mass is 309 g/mol. The third kappa shape index (κ3) is 2.89. The Labute approximate surface area is 142 Å². The van der Waals surface area contributed by atoms with Gasteiger partial charge < -0.3 is 4.90 Å². The van der Waals surface area contributed by atoms with Crippen molar-refractivity contribution in [2.75, 3.05) is 11.4 Å². The molecule has 1 heteroatoms. The molecule has 0 amide bonds. The molecule has 0 atom stereocenters. The van der Waals surface area contributed by atoms with Crippen LogP contribution in [0, 0.1) is 55.4 Å². The van der Waals surface area contributed by atoms with Crippen molar-refractivity contribution in [2.45, 2.75) is 62.3 Å². The fraction of sp³-hybridized carbons (Fsp3) is 0.455. The second-order valence-corrected chi connectivity index (χ2v) is 6.96. The number of aryl methyl sites for hydroxylation is 4. The van der Waals surface area contributed by atoms with Crippen LogP contribution >= 0.6 is 0 Å². The van der Waals surface area contributed by atoms with Gasteiger partial charge in [-0.1, -0.05) is 12.1 Å². The Balaban J connectivity index is 2.78. The molecule has 0 aliphatic carbocycles. The Hall–Kier alpha value is -1.76. The van der Waals surface area contributed by atoms with E-state index in [1.165, 1.54) is 55.9 Å². The number of benzene rings is 2. The van der Waals surface area contributed by atoms with Crippen LogP contribution in [0.2, 0.25) is 0 Å². The van der Waals surface area contributed by atoms with Gasteiger partial charge in [-0.15, -0.1) is 0 Å². The molecule has 0 saturated carbocycles. The number of nitrogens with zero attached hydrogens (tertiary/aromatic N) is 1. The van der Waals surface area contributed by atoms with Gasteiger partial charge in [-0.2, -0.15) is 0 Å². The molecule has 0 bridgehead atoms. The highest BCUT2D eigenvalue weighted by molar-refractivity contribution is 5.76. The molecule has 0 aromatic heterocycles. The van der Waals surface area contributed by atoms with Crippen LogP contribution in [0.15, 0.2) is 12.1 Å². The number of rotatable bonds is 3. The van der Waals surface area contributed by atoms with Gasteiger partial charge in [0.15, 0.2) is 0 Å². The van der Waals surface area contributed by atoms with E-state index in [9.17, 15) is 0 Å². The van der Waals surface area contributed by atoms with E-state index in [0.29, 0.717) is 0 Å². The molecular weight excluding hydrogens is 278 g/mol. The van der Waals surface area contributed by atoms with Gasteiger partial charge in [-0.3, -0.25) is 0 Å². The molecule has 0 N–H and O–H groups in total. The van der Waals surface area contributed by atoms with E-state index in [-0.39, 0.29) is 0 Å². The minimum Gasteiger partial charge on any atom is -0.341 e. The molecule has 2 aromatic carbocycles. The van der Waals surface area contributed by atoms with E-state index in [2.05, 4.69) is 79.3 Å². The van der Waals surface area contributed by atoms with Crippen LogP contribution in [0.25, 0.3) is 0 Å². The SMILES string of the molecule is CCN(c1c(C)cc(C)c(C)c1C)c1c(C)cc(C)c(C)c1C. The molecule has 1 nitrogen and oxygen atoms in total. The summed E-state index contributed by atoms with van der Waals surface area (Å²) in [6.07, 6.45) is 0. The summed E-state index contributed by atoms with van der Waals surface area (Å²) in [5.41, 5.74) is 13.9. The van der Waals surface area contributed by atoms with Gasteiger partial charge >= 0.3 is 0 Å². The predicted octanol–water partition coefficient (Wildman–Crippen LogP) is 6.31. The topological polar surface area (TPSA) is 3.24 Å². The summed E-state index contributed by atoms with van der Waals surface area (Å²) in [5, 5.41) is 0. The molecule has 2 rings (SSSR count). The van der Waals surface area contributed by atoms with Gasteiger partial charge in [0.1, 0.15) is 0 Å². The van der Waals surface area contributed by atoms with Gasteiger partial charge in [-0.25, -0.2) is 0 Å². The van der Waals surface area contributed by atoms with E-state index < -0.39 is 0 Å². The number of anilines is 2. The maximum Gasteiger partial charge on any atom is 0.0473 e. The molecule has 0 spiro atoms. The molecule has 0 aliphatic rings. The van der Waals surface area contributed by atoms with Crippen molar-refractivity contribution < 1.29 is 0 Å². The van der Waals surface area contributed by atoms with Crippen LogP contribution in [0.3, 0.4) is 0 Å². The van der Waals surface area contributed by atoms with Gasteiger partial charge in [0.05, 0.1) is 0 Å². The zero-order chi connectivity index (χ0) is 17.5. The Morgan fingerprint density at radius 1 is 0.565 bits per heavy atom. The van der Waals surface area contributed by atoms with Crippen molar-refractivity contribution in [3.63, 3.8) is 0 Å². The van der Waals surface area contributed by atoms with Crippen molar-refractivity contribution in [1.82, 2.24) is 0 Å². The summed E-state index contributed by atoms with van der Waals surface area (Å²) in [4.78, 5) is 2.51. The molecule has 0 unspecified atom stereocenters. The molecule has 2 aromatic rings. The highest BCUT2D eigenvalue weighted by atomic mass is 15.1. The molecule has 0 aliphatic heterocycles. The Morgan fingerprint density at radius 2 is 0.913 bits per heavy atom. The van der Waals surface area contributed by atoms with E-state index in [1.54, 1.807) is 0 Å². The lowest BCUT2D eigenvalue weighted by Gasteiger charge is -2.32. The van der Waals surface area contributed by atoms with Crippen molar-refractivity contribution in [2.24, 2.45) is 0 Å². The third-order valence-electron chi connectivity index (χ3n) is 5.49. The Bertz CT molecular complexity index is 690. The van der Waals surface area contributed by atoms with Crippen LogP contribution in [-0.4, -0.2) is 6.54 Å². The maximum absolute atomic E-state index is 2.51. The second-order valence-electron chi connectivity index (χ2n) is 6.96. The summed E-state index contributed by atoms with van der Waals surface area (Å²) >= 11 is 0. The minimum absolute atomic E-state index is 0.981. The van der Waals surface area contributed by atoms with Gasteiger partial charge in [0, 0.05) is 17.9 Å². The summed E-state index contributed by atoms with van der Waals surface area (Å²) in [5.74, 6) is 0. The zero-order valence-corrected chi connectivity index (χ0v) is 16.3. The second kappa shape index (κ2) is 6.39. The lowest BCUT2D eigenvalue weighted by Crippen LogP contribution is -2.21. The van der Waals surface area contributed by atoms with Crippen molar-refractivity contribution in [1.29, 1.82) is 0 Å². The molecule has 23 heavy (non-hydrogen) atoms. The third-order valence-corrected chi connectivity index (χ3v) is 5.49. The summed E-state index contributed by atoms with van der Waals surface area (Å²) in [6.45, 7) is 21.1. The van der Waals surface area contributed by atoms with Crippen LogP contribution in [0.5, 0.6) is 0 Å².